The van der Waals surface area contributed by atoms with Crippen molar-refractivity contribution in [3.8, 4) is 17.2 Å². The molecule has 0 atom stereocenters. The fourth-order valence-corrected chi connectivity index (χ4v) is 2.57. The third-order valence-electron chi connectivity index (χ3n) is 3.99. The minimum atomic E-state index is 0.305. The molecule has 0 saturated heterocycles. The van der Waals surface area contributed by atoms with Crippen molar-refractivity contribution in [2.24, 2.45) is 4.99 Å². The van der Waals surface area contributed by atoms with Gasteiger partial charge >= 0.3 is 0 Å². The highest BCUT2D eigenvalue weighted by molar-refractivity contribution is 5.79. The van der Waals surface area contributed by atoms with Crippen molar-refractivity contribution in [2.75, 3.05) is 27.5 Å². The van der Waals surface area contributed by atoms with Crippen LogP contribution < -0.4 is 24.8 Å². The Morgan fingerprint density at radius 1 is 1.04 bits per heavy atom. The molecule has 0 aromatic heterocycles. The fraction of sp³-hybridized carbons (Fsp3) is 0.316. The summed E-state index contributed by atoms with van der Waals surface area (Å²) in [6.07, 6.45) is 0.875. The van der Waals surface area contributed by atoms with Crippen LogP contribution in [0, 0.1) is 0 Å². The Hall–Kier alpha value is -2.89. The minimum absolute atomic E-state index is 0.305. The second kappa shape index (κ2) is 8.28. The van der Waals surface area contributed by atoms with Gasteiger partial charge in [0.15, 0.2) is 17.5 Å². The van der Waals surface area contributed by atoms with Gasteiger partial charge < -0.3 is 24.8 Å². The molecular weight excluding hydrogens is 318 g/mol. The number of nitrogens with zero attached hydrogens (tertiary/aromatic N) is 1. The largest absolute Gasteiger partial charge is 0.497 e. The van der Waals surface area contributed by atoms with E-state index in [0.717, 1.165) is 36.2 Å². The van der Waals surface area contributed by atoms with Crippen LogP contribution in [0.2, 0.25) is 0 Å². The van der Waals surface area contributed by atoms with E-state index in [4.69, 9.17) is 14.2 Å². The smallest absolute Gasteiger partial charge is 0.231 e. The lowest BCUT2D eigenvalue weighted by molar-refractivity contribution is 0.174. The van der Waals surface area contributed by atoms with Gasteiger partial charge in [0, 0.05) is 20.1 Å². The Morgan fingerprint density at radius 2 is 1.80 bits per heavy atom. The molecule has 25 heavy (non-hydrogen) atoms. The molecule has 2 aromatic rings. The van der Waals surface area contributed by atoms with E-state index in [9.17, 15) is 0 Å². The first-order valence-corrected chi connectivity index (χ1v) is 8.24. The average molecular weight is 341 g/mol. The normalized spacial score (nSPS) is 12.8. The van der Waals surface area contributed by atoms with Gasteiger partial charge in [0.1, 0.15) is 5.75 Å². The van der Waals surface area contributed by atoms with Gasteiger partial charge in [-0.2, -0.15) is 0 Å². The van der Waals surface area contributed by atoms with E-state index in [1.54, 1.807) is 14.2 Å². The number of nitrogens with one attached hydrogen (secondary N) is 2. The zero-order valence-electron chi connectivity index (χ0n) is 14.5. The number of benzene rings is 2. The molecule has 1 aliphatic rings. The maximum Gasteiger partial charge on any atom is 0.231 e. The van der Waals surface area contributed by atoms with E-state index in [2.05, 4.69) is 21.7 Å². The van der Waals surface area contributed by atoms with E-state index < -0.39 is 0 Å². The van der Waals surface area contributed by atoms with Crippen molar-refractivity contribution in [1.29, 1.82) is 0 Å². The summed E-state index contributed by atoms with van der Waals surface area (Å²) in [4.78, 5) is 4.25. The summed E-state index contributed by atoms with van der Waals surface area (Å²) in [6.45, 7) is 1.79. The Balaban J connectivity index is 1.44. The van der Waals surface area contributed by atoms with Crippen molar-refractivity contribution in [1.82, 2.24) is 10.6 Å². The molecule has 6 nitrogen and oxygen atoms in total. The molecule has 2 N–H and O–H groups in total. The van der Waals surface area contributed by atoms with E-state index in [-0.39, 0.29) is 0 Å². The zero-order valence-corrected chi connectivity index (χ0v) is 14.5. The molecule has 3 rings (SSSR count). The van der Waals surface area contributed by atoms with Gasteiger partial charge in [0.05, 0.1) is 7.11 Å². The van der Waals surface area contributed by atoms with Crippen LogP contribution in [-0.2, 0) is 13.0 Å². The first kappa shape index (κ1) is 17.0. The lowest BCUT2D eigenvalue weighted by Gasteiger charge is -2.12. The first-order valence-electron chi connectivity index (χ1n) is 8.24. The highest BCUT2D eigenvalue weighted by atomic mass is 16.7. The second-order valence-corrected chi connectivity index (χ2v) is 5.64. The van der Waals surface area contributed by atoms with Crippen LogP contribution in [0.3, 0.4) is 0 Å². The summed E-state index contributed by atoms with van der Waals surface area (Å²) in [6, 6.07) is 14.0. The molecule has 1 aliphatic heterocycles. The number of ether oxygens (including phenoxy) is 3. The molecule has 0 spiro atoms. The van der Waals surface area contributed by atoms with Crippen LogP contribution in [-0.4, -0.2) is 33.5 Å². The molecule has 0 fully saturated rings. The number of hydrogen-bond acceptors (Lipinski definition) is 4. The zero-order chi connectivity index (χ0) is 17.5. The predicted octanol–water partition coefficient (Wildman–Crippen LogP) is 2.33. The maximum atomic E-state index is 5.40. The van der Waals surface area contributed by atoms with Gasteiger partial charge in [-0.3, -0.25) is 4.99 Å². The third-order valence-corrected chi connectivity index (χ3v) is 3.99. The summed E-state index contributed by atoms with van der Waals surface area (Å²) in [7, 11) is 3.43. The highest BCUT2D eigenvalue weighted by Gasteiger charge is 2.12. The number of aliphatic imine (C=N–C) groups is 1. The monoisotopic (exact) mass is 341 g/mol. The maximum absolute atomic E-state index is 5.40. The molecule has 0 radical (unpaired) electrons. The van der Waals surface area contributed by atoms with Crippen LogP contribution in [0.25, 0.3) is 0 Å². The van der Waals surface area contributed by atoms with Crippen molar-refractivity contribution in [3.63, 3.8) is 0 Å². The molecule has 0 saturated carbocycles. The van der Waals surface area contributed by atoms with Crippen LogP contribution in [0.1, 0.15) is 11.1 Å². The van der Waals surface area contributed by atoms with Crippen molar-refractivity contribution in [3.05, 3.63) is 53.6 Å². The lowest BCUT2D eigenvalue weighted by atomic mass is 10.1. The highest BCUT2D eigenvalue weighted by Crippen LogP contribution is 2.32. The Bertz CT molecular complexity index is 729. The van der Waals surface area contributed by atoms with Crippen molar-refractivity contribution >= 4 is 5.96 Å². The Labute approximate surface area is 147 Å². The number of methoxy groups -OCH3 is 1. The fourth-order valence-electron chi connectivity index (χ4n) is 2.57. The van der Waals surface area contributed by atoms with Gasteiger partial charge in [-0.1, -0.05) is 18.2 Å². The number of hydrogen-bond donors (Lipinski definition) is 2. The van der Waals surface area contributed by atoms with Gasteiger partial charge in [0.2, 0.25) is 6.79 Å². The van der Waals surface area contributed by atoms with Gasteiger partial charge in [-0.05, 0) is 41.8 Å². The molecule has 132 valence electrons. The molecular formula is C19H23N3O3. The summed E-state index contributed by atoms with van der Waals surface area (Å²) in [5, 5.41) is 6.63. The average Bonchev–Trinajstić information content (AvgIpc) is 3.12. The van der Waals surface area contributed by atoms with E-state index in [0.29, 0.717) is 13.3 Å². The van der Waals surface area contributed by atoms with E-state index in [1.807, 2.05) is 36.4 Å². The molecule has 0 aliphatic carbocycles. The van der Waals surface area contributed by atoms with E-state index >= 15 is 0 Å². The predicted molar refractivity (Wildman–Crippen MR) is 97.5 cm³/mol. The second-order valence-electron chi connectivity index (χ2n) is 5.64. The molecule has 0 bridgehead atoms. The minimum Gasteiger partial charge on any atom is -0.497 e. The topological polar surface area (TPSA) is 64.1 Å². The first-order chi connectivity index (χ1) is 12.3. The van der Waals surface area contributed by atoms with Crippen LogP contribution in [0.4, 0.5) is 0 Å². The van der Waals surface area contributed by atoms with Gasteiger partial charge in [0.25, 0.3) is 0 Å². The van der Waals surface area contributed by atoms with Crippen molar-refractivity contribution in [2.45, 2.75) is 13.0 Å². The summed E-state index contributed by atoms with van der Waals surface area (Å²) in [5.74, 6) is 3.26. The number of fused-ring (bicyclic) bond motifs is 1. The summed E-state index contributed by atoms with van der Waals surface area (Å²) in [5.41, 5.74) is 2.36. The standard InChI is InChI=1S/C19H23N3O3/c1-20-19(22-12-15-3-6-16(23-2)7-4-15)21-10-9-14-5-8-17-18(11-14)25-13-24-17/h3-8,11H,9-10,12-13H2,1-2H3,(H2,20,21,22). The summed E-state index contributed by atoms with van der Waals surface area (Å²) >= 11 is 0. The third kappa shape index (κ3) is 4.56. The SMILES string of the molecule is CN=C(NCCc1ccc2c(c1)OCO2)NCc1ccc(OC)cc1. The van der Waals surface area contributed by atoms with Crippen molar-refractivity contribution < 1.29 is 14.2 Å². The Kier molecular flexibility index (Phi) is 5.61. The lowest BCUT2D eigenvalue weighted by Crippen LogP contribution is -2.37. The molecule has 0 unspecified atom stereocenters. The van der Waals surface area contributed by atoms with Crippen LogP contribution in [0.15, 0.2) is 47.5 Å². The summed E-state index contributed by atoms with van der Waals surface area (Å²) < 4.78 is 15.9. The van der Waals surface area contributed by atoms with Crippen LogP contribution in [0.5, 0.6) is 17.2 Å². The van der Waals surface area contributed by atoms with E-state index in [1.165, 1.54) is 11.1 Å². The van der Waals surface area contributed by atoms with Gasteiger partial charge in [-0.15, -0.1) is 0 Å². The molecule has 1 heterocycles. The molecule has 6 heteroatoms. The Morgan fingerprint density at radius 3 is 2.56 bits per heavy atom. The van der Waals surface area contributed by atoms with Crippen LogP contribution >= 0.6 is 0 Å². The quantitative estimate of drug-likeness (QED) is 0.624. The van der Waals surface area contributed by atoms with Gasteiger partial charge in [-0.25, -0.2) is 0 Å². The number of rotatable bonds is 6. The number of guanidine groups is 1. The molecule has 2 aromatic carbocycles. The molecule has 0 amide bonds.